The smallest absolute Gasteiger partial charge is 0.224 e. The minimum absolute atomic E-state index is 0.0330. The van der Waals surface area contributed by atoms with Crippen LogP contribution in [0.5, 0.6) is 0 Å². The Bertz CT molecular complexity index is 1580. The minimum atomic E-state index is -0.859. The lowest BCUT2D eigenvalue weighted by atomic mass is 9.32. The van der Waals surface area contributed by atoms with Gasteiger partial charge in [-0.15, -0.1) is 11.3 Å². The van der Waals surface area contributed by atoms with Gasteiger partial charge in [0.2, 0.25) is 5.78 Å². The van der Waals surface area contributed by atoms with Gasteiger partial charge < -0.3 is 14.6 Å². The highest BCUT2D eigenvalue weighted by atomic mass is 32.2. The van der Waals surface area contributed by atoms with Crippen LogP contribution in [0.4, 0.5) is 0 Å². The zero-order chi connectivity index (χ0) is 28.3. The molecule has 6 aliphatic rings. The van der Waals surface area contributed by atoms with E-state index in [4.69, 9.17) is 9.40 Å². The lowest BCUT2D eigenvalue weighted by Crippen LogP contribution is -2.67. The molecule has 1 aromatic carbocycles. The zero-order valence-electron chi connectivity index (χ0n) is 23.6. The molecule has 2 spiro atoms. The molecule has 3 aromatic rings. The predicted octanol–water partition coefficient (Wildman–Crippen LogP) is 7.46. The van der Waals surface area contributed by atoms with E-state index in [1.807, 2.05) is 18.2 Å². The zero-order valence-corrected chi connectivity index (χ0v) is 25.3. The van der Waals surface area contributed by atoms with Crippen LogP contribution >= 0.6 is 23.1 Å². The summed E-state index contributed by atoms with van der Waals surface area (Å²) in [5, 5.41) is 23.3. The number of allylic oxidation sites excluding steroid dienone is 4. The van der Waals surface area contributed by atoms with E-state index in [1.54, 1.807) is 41.5 Å². The van der Waals surface area contributed by atoms with Gasteiger partial charge in [-0.25, -0.2) is 4.98 Å². The summed E-state index contributed by atoms with van der Waals surface area (Å²) in [6.07, 6.45) is 14.1. The normalized spacial score (nSPS) is 42.5. The number of hydrogen-bond donors (Lipinski definition) is 2. The number of hydrogen-bond acceptors (Lipinski definition) is 7. The number of Topliss-reactive ketones (excluding diaryl/α,β-unsaturated/α-hetero) is 1. The summed E-state index contributed by atoms with van der Waals surface area (Å²) in [5.41, 5.74) is -0.182. The Morgan fingerprint density at radius 1 is 1.05 bits per heavy atom. The molecular weight excluding hydrogens is 551 g/mol. The molecule has 0 radical (unpaired) electrons. The maximum Gasteiger partial charge on any atom is 0.224 e. The van der Waals surface area contributed by atoms with Crippen molar-refractivity contribution in [3.63, 3.8) is 0 Å². The summed E-state index contributed by atoms with van der Waals surface area (Å²) in [6.45, 7) is 4.71. The van der Waals surface area contributed by atoms with Gasteiger partial charge >= 0.3 is 0 Å². The first-order valence-corrected chi connectivity index (χ1v) is 16.9. The van der Waals surface area contributed by atoms with Crippen LogP contribution in [0.15, 0.2) is 75.2 Å². The number of carbonyl (C=O) groups is 1. The standard InChI is InChI=1S/C34H37NO4S2/c1-30-12-9-21(36)18-32(30)15-16-34(22(19-32)28(37)24-7-5-17-39-24)26(30)10-13-31(2)27(34)11-14-33(31,38)20-40-29-35-23-6-3-4-8-25(23)41-29/h3-8,15-17,19,21,26-27,36,38H,9-14,18,20H2,1-2H3/t21?,26-,27-,30-,31+,32+,33-,34-/m1/s1. The Labute approximate surface area is 249 Å². The topological polar surface area (TPSA) is 83.6 Å². The quantitative estimate of drug-likeness (QED) is 0.183. The average molecular weight is 588 g/mol. The molecular formula is C34H37NO4S2. The first kappa shape index (κ1) is 26.4. The van der Waals surface area contributed by atoms with E-state index >= 15 is 0 Å². The molecule has 2 bridgehead atoms. The first-order chi connectivity index (χ1) is 19.6. The molecule has 5 nitrogen and oxygen atoms in total. The summed E-state index contributed by atoms with van der Waals surface area (Å²) in [4.78, 5) is 19.1. The number of aromatic nitrogens is 1. The van der Waals surface area contributed by atoms with Crippen LogP contribution in [-0.2, 0) is 0 Å². The Kier molecular flexibility index (Phi) is 5.60. The lowest BCUT2D eigenvalue weighted by Gasteiger charge is -2.71. The van der Waals surface area contributed by atoms with Crippen molar-refractivity contribution >= 4 is 39.1 Å². The third kappa shape index (κ3) is 3.32. The number of aliphatic hydroxyl groups excluding tert-OH is 1. The van der Waals surface area contributed by atoms with Crippen molar-refractivity contribution in [1.82, 2.24) is 4.98 Å². The molecule has 0 aliphatic heterocycles. The number of furan rings is 1. The summed E-state index contributed by atoms with van der Waals surface area (Å²) in [7, 11) is 0. The highest BCUT2D eigenvalue weighted by Crippen LogP contribution is 2.78. The molecule has 41 heavy (non-hydrogen) atoms. The van der Waals surface area contributed by atoms with E-state index in [2.05, 4.69) is 38.1 Å². The van der Waals surface area contributed by atoms with Gasteiger partial charge in [0, 0.05) is 27.6 Å². The first-order valence-electron chi connectivity index (χ1n) is 15.1. The summed E-state index contributed by atoms with van der Waals surface area (Å²) in [5.74, 6) is 1.37. The second kappa shape index (κ2) is 8.68. The number of aliphatic hydroxyl groups is 2. The molecule has 2 heterocycles. The summed E-state index contributed by atoms with van der Waals surface area (Å²) in [6, 6.07) is 11.8. The monoisotopic (exact) mass is 587 g/mol. The number of thiazole rings is 1. The highest BCUT2D eigenvalue weighted by Gasteiger charge is 2.74. The van der Waals surface area contributed by atoms with Crippen molar-refractivity contribution in [2.45, 2.75) is 74.8 Å². The SMILES string of the molecule is C[C@]12CC[C@H]3[C@]4(C=C[C@@]5(C=C4C(=O)c4ccco4)CC(O)CC[C@]35C)[C@@H]1CC[C@@]2(O)CSc1nc2ccccc2s1. The fourth-order valence-corrected chi connectivity index (χ4v) is 12.6. The molecule has 3 saturated carbocycles. The molecule has 9 rings (SSSR count). The molecule has 7 heteroatoms. The van der Waals surface area contributed by atoms with E-state index in [0.717, 1.165) is 54.0 Å². The van der Waals surface area contributed by atoms with Gasteiger partial charge in [0.15, 0.2) is 10.1 Å². The molecule has 0 saturated heterocycles. The summed E-state index contributed by atoms with van der Waals surface area (Å²) < 4.78 is 7.85. The van der Waals surface area contributed by atoms with Gasteiger partial charge in [-0.2, -0.15) is 0 Å². The third-order valence-corrected chi connectivity index (χ3v) is 14.8. The van der Waals surface area contributed by atoms with Gasteiger partial charge in [-0.1, -0.05) is 56.0 Å². The van der Waals surface area contributed by atoms with Crippen molar-refractivity contribution in [3.8, 4) is 0 Å². The fraction of sp³-hybridized carbons (Fsp3) is 0.529. The van der Waals surface area contributed by atoms with Crippen molar-refractivity contribution in [2.24, 2.45) is 33.5 Å². The fourth-order valence-electron chi connectivity index (χ4n) is 10.2. The molecule has 2 N–H and O–H groups in total. The van der Waals surface area contributed by atoms with Gasteiger partial charge in [-0.3, -0.25) is 4.79 Å². The Morgan fingerprint density at radius 3 is 2.63 bits per heavy atom. The Hall–Kier alpha value is -2.19. The van der Waals surface area contributed by atoms with Gasteiger partial charge in [0.05, 0.1) is 28.2 Å². The van der Waals surface area contributed by atoms with Crippen molar-refractivity contribution < 1.29 is 19.4 Å². The number of thioether (sulfide) groups is 1. The molecule has 1 unspecified atom stereocenters. The Morgan fingerprint density at radius 2 is 1.83 bits per heavy atom. The van der Waals surface area contributed by atoms with Crippen molar-refractivity contribution in [3.05, 3.63) is 72.2 Å². The number of ketones is 1. The van der Waals surface area contributed by atoms with Gasteiger partial charge in [0.1, 0.15) is 0 Å². The second-order valence-corrected chi connectivity index (χ2v) is 16.1. The predicted molar refractivity (Wildman–Crippen MR) is 162 cm³/mol. The number of carbonyl (C=O) groups excluding carboxylic acids is 1. The minimum Gasteiger partial charge on any atom is -0.461 e. The van der Waals surface area contributed by atoms with Crippen LogP contribution in [0.2, 0.25) is 0 Å². The van der Waals surface area contributed by atoms with Gasteiger partial charge in [-0.05, 0) is 86.5 Å². The van der Waals surface area contributed by atoms with Crippen LogP contribution in [0.1, 0.15) is 69.3 Å². The highest BCUT2D eigenvalue weighted by molar-refractivity contribution is 8.01. The van der Waals surface area contributed by atoms with E-state index in [9.17, 15) is 15.0 Å². The number of benzene rings is 1. The maximum absolute atomic E-state index is 14.3. The lowest BCUT2D eigenvalue weighted by molar-refractivity contribution is -0.166. The number of rotatable bonds is 5. The van der Waals surface area contributed by atoms with Crippen LogP contribution in [0.3, 0.4) is 0 Å². The van der Waals surface area contributed by atoms with Crippen LogP contribution in [0, 0.1) is 33.5 Å². The second-order valence-electron chi connectivity index (χ2n) is 13.9. The van der Waals surface area contributed by atoms with Crippen LogP contribution in [-0.4, -0.2) is 38.4 Å². The van der Waals surface area contributed by atoms with Gasteiger partial charge in [0.25, 0.3) is 0 Å². The third-order valence-electron chi connectivity index (χ3n) is 12.4. The van der Waals surface area contributed by atoms with Crippen molar-refractivity contribution in [2.75, 3.05) is 5.75 Å². The number of para-hydroxylation sites is 1. The van der Waals surface area contributed by atoms with E-state index in [0.29, 0.717) is 17.9 Å². The molecule has 8 atom stereocenters. The van der Waals surface area contributed by atoms with E-state index in [-0.39, 0.29) is 40.0 Å². The van der Waals surface area contributed by atoms with E-state index < -0.39 is 11.0 Å². The largest absolute Gasteiger partial charge is 0.461 e. The van der Waals surface area contributed by atoms with Crippen LogP contribution < -0.4 is 0 Å². The number of fused-ring (bicyclic) bond motifs is 2. The van der Waals surface area contributed by atoms with Crippen LogP contribution in [0.25, 0.3) is 10.2 Å². The van der Waals surface area contributed by atoms with E-state index in [1.165, 1.54) is 4.70 Å². The molecule has 214 valence electrons. The number of nitrogens with zero attached hydrogens (tertiary/aromatic N) is 1. The molecule has 6 aliphatic carbocycles. The molecule has 3 fully saturated rings. The molecule has 0 amide bonds. The van der Waals surface area contributed by atoms with Crippen molar-refractivity contribution in [1.29, 1.82) is 0 Å². The maximum atomic E-state index is 14.3. The Balaban J connectivity index is 1.20. The average Bonchev–Trinajstić information content (AvgIpc) is 3.70. The summed E-state index contributed by atoms with van der Waals surface area (Å²) >= 11 is 3.37. The molecule has 2 aromatic heterocycles.